The minimum Gasteiger partial charge on any atom is -0.349 e. The number of carbonyl (C=O) groups excluding carboxylic acids is 1. The molecule has 2 N–H and O–H groups in total. The van der Waals surface area contributed by atoms with E-state index in [1.54, 1.807) is 10.9 Å². The van der Waals surface area contributed by atoms with Crippen molar-refractivity contribution in [3.8, 4) is 5.69 Å². The normalized spacial score (nSPS) is 15.8. The second kappa shape index (κ2) is 8.59. The van der Waals surface area contributed by atoms with E-state index >= 15 is 0 Å². The van der Waals surface area contributed by atoms with Crippen LogP contribution in [0.4, 0.5) is 0 Å². The summed E-state index contributed by atoms with van der Waals surface area (Å²) < 4.78 is 1.61. The van der Waals surface area contributed by atoms with Crippen molar-refractivity contribution in [1.29, 1.82) is 0 Å². The first kappa shape index (κ1) is 16.6. The molecule has 0 radical (unpaired) electrons. The van der Waals surface area contributed by atoms with Crippen LogP contribution in [0, 0.1) is 0 Å². The summed E-state index contributed by atoms with van der Waals surface area (Å²) in [7, 11) is 0. The van der Waals surface area contributed by atoms with Gasteiger partial charge in [0.1, 0.15) is 0 Å². The summed E-state index contributed by atoms with van der Waals surface area (Å²) in [6.45, 7) is 1.40. The Morgan fingerprint density at radius 3 is 2.58 bits per heavy atom. The summed E-state index contributed by atoms with van der Waals surface area (Å²) >= 11 is 0. The molecule has 128 valence electrons. The van der Waals surface area contributed by atoms with Gasteiger partial charge >= 0.3 is 0 Å². The monoisotopic (exact) mass is 327 g/mol. The Balaban J connectivity index is 1.43. The van der Waals surface area contributed by atoms with E-state index in [1.165, 1.54) is 38.5 Å². The van der Waals surface area contributed by atoms with E-state index in [2.05, 4.69) is 20.9 Å². The van der Waals surface area contributed by atoms with Crippen molar-refractivity contribution < 1.29 is 4.79 Å². The van der Waals surface area contributed by atoms with Crippen molar-refractivity contribution in [3.63, 3.8) is 0 Å². The Morgan fingerprint density at radius 1 is 1.08 bits per heavy atom. The van der Waals surface area contributed by atoms with Crippen LogP contribution in [0.3, 0.4) is 0 Å². The molecule has 2 aromatic rings. The summed E-state index contributed by atoms with van der Waals surface area (Å²) in [4.78, 5) is 12.1. The van der Waals surface area contributed by atoms with Crippen molar-refractivity contribution in [2.24, 2.45) is 0 Å². The maximum Gasteiger partial charge on any atom is 0.273 e. The zero-order valence-electron chi connectivity index (χ0n) is 13.9. The molecule has 1 aliphatic rings. The zero-order valence-corrected chi connectivity index (χ0v) is 13.9. The van der Waals surface area contributed by atoms with Crippen LogP contribution in [0.2, 0.25) is 0 Å². The maximum absolute atomic E-state index is 12.1. The highest BCUT2D eigenvalue weighted by molar-refractivity contribution is 5.91. The first-order valence-corrected chi connectivity index (χ1v) is 8.82. The van der Waals surface area contributed by atoms with Crippen LogP contribution >= 0.6 is 0 Å². The van der Waals surface area contributed by atoms with Crippen molar-refractivity contribution in [1.82, 2.24) is 25.6 Å². The lowest BCUT2D eigenvalue weighted by Gasteiger charge is -2.16. The topological polar surface area (TPSA) is 71.8 Å². The lowest BCUT2D eigenvalue weighted by atomic mass is 10.1. The summed E-state index contributed by atoms with van der Waals surface area (Å²) in [5.41, 5.74) is 1.23. The highest BCUT2D eigenvalue weighted by Crippen LogP contribution is 2.16. The van der Waals surface area contributed by atoms with Crippen LogP contribution in [0.1, 0.15) is 49.0 Å². The minimum absolute atomic E-state index is 0.181. The van der Waals surface area contributed by atoms with Gasteiger partial charge in [0.25, 0.3) is 5.91 Å². The largest absolute Gasteiger partial charge is 0.349 e. The number of carbonyl (C=O) groups is 1. The summed E-state index contributed by atoms with van der Waals surface area (Å²) in [6, 6.07) is 10.2. The molecule has 1 aromatic heterocycles. The molecule has 1 aliphatic carbocycles. The van der Waals surface area contributed by atoms with Gasteiger partial charge in [-0.15, -0.1) is 5.10 Å². The Bertz CT molecular complexity index is 632. The molecule has 0 saturated heterocycles. The fourth-order valence-electron chi connectivity index (χ4n) is 3.10. The molecule has 0 bridgehead atoms. The van der Waals surface area contributed by atoms with Crippen LogP contribution in [0.25, 0.3) is 5.69 Å². The molecular weight excluding hydrogens is 302 g/mol. The second-order valence-corrected chi connectivity index (χ2v) is 6.28. The van der Waals surface area contributed by atoms with Gasteiger partial charge in [-0.1, -0.05) is 49.1 Å². The molecule has 6 nitrogen and oxygen atoms in total. The first-order valence-electron chi connectivity index (χ1n) is 8.82. The van der Waals surface area contributed by atoms with Crippen LogP contribution < -0.4 is 10.6 Å². The molecule has 0 unspecified atom stereocenters. The number of rotatable bonds is 6. The minimum atomic E-state index is -0.181. The summed E-state index contributed by atoms with van der Waals surface area (Å²) in [5, 5.41) is 14.4. The van der Waals surface area contributed by atoms with Gasteiger partial charge in [0.2, 0.25) is 0 Å². The number of hydrogen-bond donors (Lipinski definition) is 2. The Kier molecular flexibility index (Phi) is 5.96. The molecule has 1 aromatic carbocycles. The van der Waals surface area contributed by atoms with Crippen LogP contribution in [-0.2, 0) is 0 Å². The predicted molar refractivity (Wildman–Crippen MR) is 93.2 cm³/mol. The molecule has 0 atom stereocenters. The third-order valence-electron chi connectivity index (χ3n) is 4.45. The SMILES string of the molecule is O=C(NCCNC1CCCCCC1)c1cn(-c2ccccc2)nn1. The van der Waals surface area contributed by atoms with Crippen LogP contribution in [0.5, 0.6) is 0 Å². The molecule has 1 saturated carbocycles. The maximum atomic E-state index is 12.1. The van der Waals surface area contributed by atoms with E-state index < -0.39 is 0 Å². The van der Waals surface area contributed by atoms with Gasteiger partial charge < -0.3 is 10.6 Å². The van der Waals surface area contributed by atoms with Gasteiger partial charge in [0.05, 0.1) is 11.9 Å². The number of benzene rings is 1. The zero-order chi connectivity index (χ0) is 16.6. The van der Waals surface area contributed by atoms with E-state index in [9.17, 15) is 4.79 Å². The van der Waals surface area contributed by atoms with Gasteiger partial charge in [-0.2, -0.15) is 0 Å². The van der Waals surface area contributed by atoms with Gasteiger partial charge in [-0.3, -0.25) is 4.79 Å². The number of amides is 1. The highest BCUT2D eigenvalue weighted by Gasteiger charge is 2.13. The lowest BCUT2D eigenvalue weighted by Crippen LogP contribution is -2.37. The van der Waals surface area contributed by atoms with E-state index in [0.717, 1.165) is 12.2 Å². The van der Waals surface area contributed by atoms with Gasteiger partial charge in [0.15, 0.2) is 5.69 Å². The second-order valence-electron chi connectivity index (χ2n) is 6.28. The number of para-hydroxylation sites is 1. The number of aromatic nitrogens is 3. The van der Waals surface area contributed by atoms with Crippen molar-refractivity contribution in [2.75, 3.05) is 13.1 Å². The van der Waals surface area contributed by atoms with Gasteiger partial charge in [-0.25, -0.2) is 4.68 Å². The molecule has 6 heteroatoms. The number of hydrogen-bond acceptors (Lipinski definition) is 4. The average Bonchev–Trinajstić information content (AvgIpc) is 2.97. The average molecular weight is 327 g/mol. The number of nitrogens with zero attached hydrogens (tertiary/aromatic N) is 3. The third kappa shape index (κ3) is 4.64. The Morgan fingerprint density at radius 2 is 1.83 bits per heavy atom. The lowest BCUT2D eigenvalue weighted by molar-refractivity contribution is 0.0948. The summed E-state index contributed by atoms with van der Waals surface area (Å²) in [6.07, 6.45) is 9.49. The molecule has 3 rings (SSSR count). The van der Waals surface area contributed by atoms with Crippen molar-refractivity contribution in [3.05, 3.63) is 42.2 Å². The fraction of sp³-hybridized carbons (Fsp3) is 0.500. The highest BCUT2D eigenvalue weighted by atomic mass is 16.2. The van der Waals surface area contributed by atoms with E-state index in [1.807, 2.05) is 30.3 Å². The molecule has 0 aliphatic heterocycles. The van der Waals surface area contributed by atoms with E-state index in [-0.39, 0.29) is 5.91 Å². The standard InChI is InChI=1S/C18H25N5O/c24-18(20-13-12-19-15-8-4-1-2-5-9-15)17-14-23(22-21-17)16-10-6-3-7-11-16/h3,6-7,10-11,14-15,19H,1-2,4-5,8-9,12-13H2,(H,20,24). The van der Waals surface area contributed by atoms with E-state index in [4.69, 9.17) is 0 Å². The fourth-order valence-corrected chi connectivity index (χ4v) is 3.10. The molecular formula is C18H25N5O. The smallest absolute Gasteiger partial charge is 0.273 e. The summed E-state index contributed by atoms with van der Waals surface area (Å²) in [5.74, 6) is -0.181. The molecule has 0 spiro atoms. The number of nitrogens with one attached hydrogen (secondary N) is 2. The molecule has 1 amide bonds. The first-order chi connectivity index (χ1) is 11.8. The Hall–Kier alpha value is -2.21. The quantitative estimate of drug-likeness (QED) is 0.631. The van der Waals surface area contributed by atoms with Crippen molar-refractivity contribution >= 4 is 5.91 Å². The molecule has 24 heavy (non-hydrogen) atoms. The van der Waals surface area contributed by atoms with E-state index in [0.29, 0.717) is 18.3 Å². The molecule has 1 heterocycles. The van der Waals surface area contributed by atoms with Crippen LogP contribution in [-0.4, -0.2) is 40.0 Å². The van der Waals surface area contributed by atoms with Gasteiger partial charge in [-0.05, 0) is 25.0 Å². The van der Waals surface area contributed by atoms with Crippen LogP contribution in [0.15, 0.2) is 36.5 Å². The molecule has 1 fully saturated rings. The Labute approximate surface area is 142 Å². The predicted octanol–water partition coefficient (Wildman–Crippen LogP) is 2.31. The van der Waals surface area contributed by atoms with Gasteiger partial charge in [0, 0.05) is 19.1 Å². The third-order valence-corrected chi connectivity index (χ3v) is 4.45. The van der Waals surface area contributed by atoms with Crippen molar-refractivity contribution in [2.45, 2.75) is 44.6 Å².